The lowest BCUT2D eigenvalue weighted by Gasteiger charge is -2.38. The van der Waals surface area contributed by atoms with E-state index >= 15 is 0 Å². The first-order valence-corrected chi connectivity index (χ1v) is 11.5. The van der Waals surface area contributed by atoms with Crippen LogP contribution in [-0.4, -0.2) is 0 Å². The van der Waals surface area contributed by atoms with Gasteiger partial charge >= 0.3 is 6.18 Å². The van der Waals surface area contributed by atoms with Crippen molar-refractivity contribution in [2.75, 3.05) is 0 Å². The summed E-state index contributed by atoms with van der Waals surface area (Å²) in [6.07, 6.45) is 11.8. The van der Waals surface area contributed by atoms with Crippen LogP contribution in [0.4, 0.5) is 22.0 Å². The van der Waals surface area contributed by atoms with Gasteiger partial charge in [-0.3, -0.25) is 0 Å². The fraction of sp³-hybridized carbons (Fsp3) is 0.680. The van der Waals surface area contributed by atoms with Crippen LogP contribution in [0.5, 0.6) is 0 Å². The van der Waals surface area contributed by atoms with E-state index in [2.05, 4.69) is 19.1 Å². The number of unbranched alkanes of at least 4 members (excludes halogenated alkanes) is 1. The van der Waals surface area contributed by atoms with E-state index in [1.807, 2.05) is 0 Å². The van der Waals surface area contributed by atoms with Gasteiger partial charge in [0.2, 0.25) is 0 Å². The molecule has 0 radical (unpaired) electrons. The normalized spacial score (nSPS) is 28.2. The highest BCUT2D eigenvalue weighted by molar-refractivity contribution is 5.30. The molecular formula is C25H33F5. The van der Waals surface area contributed by atoms with Crippen molar-refractivity contribution in [3.8, 4) is 0 Å². The summed E-state index contributed by atoms with van der Waals surface area (Å²) >= 11 is 0. The second kappa shape index (κ2) is 10.3. The van der Waals surface area contributed by atoms with E-state index in [0.717, 1.165) is 56.1 Å². The molecule has 2 fully saturated rings. The first-order valence-electron chi connectivity index (χ1n) is 11.5. The third-order valence-electron chi connectivity index (χ3n) is 7.24. The van der Waals surface area contributed by atoms with Crippen LogP contribution < -0.4 is 0 Å². The molecule has 0 N–H and O–H groups in total. The van der Waals surface area contributed by atoms with Gasteiger partial charge in [-0.1, -0.05) is 25.5 Å². The van der Waals surface area contributed by atoms with Gasteiger partial charge in [-0.2, -0.15) is 13.2 Å². The Morgan fingerprint density at radius 3 is 1.87 bits per heavy atom. The Morgan fingerprint density at radius 1 is 0.833 bits per heavy atom. The van der Waals surface area contributed by atoms with E-state index in [1.54, 1.807) is 0 Å². The number of hydrogen-bond acceptors (Lipinski definition) is 0. The minimum Gasteiger partial charge on any atom is -0.206 e. The van der Waals surface area contributed by atoms with Crippen molar-refractivity contribution in [3.63, 3.8) is 0 Å². The third kappa shape index (κ3) is 5.85. The molecule has 5 heteroatoms. The highest BCUT2D eigenvalue weighted by Crippen LogP contribution is 2.45. The summed E-state index contributed by atoms with van der Waals surface area (Å²) in [5.41, 5.74) is -1.40. The first-order chi connectivity index (χ1) is 14.3. The smallest absolute Gasteiger partial charge is 0.206 e. The fourth-order valence-corrected chi connectivity index (χ4v) is 5.49. The molecule has 0 heterocycles. The zero-order valence-corrected chi connectivity index (χ0v) is 17.8. The minimum atomic E-state index is -5.00. The van der Waals surface area contributed by atoms with Gasteiger partial charge in [0.05, 0.1) is 0 Å². The molecule has 0 amide bonds. The summed E-state index contributed by atoms with van der Waals surface area (Å²) in [6, 6.07) is 1.79. The van der Waals surface area contributed by atoms with Crippen LogP contribution in [0.1, 0.15) is 94.6 Å². The number of benzene rings is 1. The standard InChI is InChI=1S/C25H33F5/c1-2-3-4-5-6-17-7-9-18(10-8-17)19-11-13-20(14-12-19)21-15-22(26)24(23(27)16-21)25(28,29)30/h4-5,15-20H,2-3,6-14H2,1H3/b5-4+/t17-,18-,19-,20-. The Hall–Kier alpha value is -1.39. The lowest BCUT2D eigenvalue weighted by atomic mass is 9.68. The quantitative estimate of drug-likeness (QED) is 0.314. The molecule has 2 aliphatic carbocycles. The second-order valence-corrected chi connectivity index (χ2v) is 9.25. The Labute approximate surface area is 176 Å². The predicted octanol–water partition coefficient (Wildman–Crippen LogP) is 8.81. The average Bonchev–Trinajstić information content (AvgIpc) is 2.70. The topological polar surface area (TPSA) is 0 Å². The van der Waals surface area contributed by atoms with Gasteiger partial charge < -0.3 is 0 Å². The van der Waals surface area contributed by atoms with Crippen molar-refractivity contribution in [1.82, 2.24) is 0 Å². The molecule has 1 aromatic rings. The molecule has 0 saturated heterocycles. The fourth-order valence-electron chi connectivity index (χ4n) is 5.49. The maximum Gasteiger partial charge on any atom is 0.422 e. The van der Waals surface area contributed by atoms with Crippen LogP contribution in [0.3, 0.4) is 0 Å². The summed E-state index contributed by atoms with van der Waals surface area (Å²) in [7, 11) is 0. The van der Waals surface area contributed by atoms with Crippen molar-refractivity contribution in [2.45, 2.75) is 89.6 Å². The van der Waals surface area contributed by atoms with Gasteiger partial charge in [0.15, 0.2) is 0 Å². The molecule has 0 aromatic heterocycles. The summed E-state index contributed by atoms with van der Waals surface area (Å²) < 4.78 is 66.2. The molecule has 168 valence electrons. The average molecular weight is 429 g/mol. The zero-order chi connectivity index (χ0) is 21.7. The van der Waals surface area contributed by atoms with Crippen LogP contribution >= 0.6 is 0 Å². The molecule has 0 bridgehead atoms. The summed E-state index contributed by atoms with van der Waals surface area (Å²) in [5, 5.41) is 0. The van der Waals surface area contributed by atoms with Crippen molar-refractivity contribution >= 4 is 0 Å². The third-order valence-corrected chi connectivity index (χ3v) is 7.24. The second-order valence-electron chi connectivity index (χ2n) is 9.25. The zero-order valence-electron chi connectivity index (χ0n) is 17.8. The largest absolute Gasteiger partial charge is 0.422 e. The number of hydrogen-bond donors (Lipinski definition) is 0. The van der Waals surface area contributed by atoms with Crippen molar-refractivity contribution < 1.29 is 22.0 Å². The van der Waals surface area contributed by atoms with Gasteiger partial charge in [-0.15, -0.1) is 0 Å². The van der Waals surface area contributed by atoms with E-state index in [-0.39, 0.29) is 5.92 Å². The van der Waals surface area contributed by atoms with Crippen LogP contribution in [0.15, 0.2) is 24.3 Å². The number of halogens is 5. The van der Waals surface area contributed by atoms with E-state index in [0.29, 0.717) is 11.5 Å². The molecule has 0 atom stereocenters. The summed E-state index contributed by atoms with van der Waals surface area (Å²) in [4.78, 5) is 0. The van der Waals surface area contributed by atoms with Crippen LogP contribution in [0.25, 0.3) is 0 Å². The van der Waals surface area contributed by atoms with Gasteiger partial charge in [0.25, 0.3) is 0 Å². The van der Waals surface area contributed by atoms with E-state index in [9.17, 15) is 22.0 Å². The minimum absolute atomic E-state index is 0.0485. The lowest BCUT2D eigenvalue weighted by molar-refractivity contribution is -0.142. The molecule has 0 nitrogen and oxygen atoms in total. The van der Waals surface area contributed by atoms with E-state index in [1.165, 1.54) is 38.5 Å². The van der Waals surface area contributed by atoms with Crippen molar-refractivity contribution in [2.24, 2.45) is 17.8 Å². The highest BCUT2D eigenvalue weighted by atomic mass is 19.4. The maximum absolute atomic E-state index is 13.9. The van der Waals surface area contributed by atoms with E-state index in [4.69, 9.17) is 0 Å². The summed E-state index contributed by atoms with van der Waals surface area (Å²) in [6.45, 7) is 2.19. The van der Waals surface area contributed by atoms with Gasteiger partial charge in [0.1, 0.15) is 17.2 Å². The number of alkyl halides is 3. The predicted molar refractivity (Wildman–Crippen MR) is 110 cm³/mol. The lowest BCUT2D eigenvalue weighted by Crippen LogP contribution is -2.25. The molecule has 2 aliphatic rings. The van der Waals surface area contributed by atoms with Crippen LogP contribution in [0.2, 0.25) is 0 Å². The first kappa shape index (κ1) is 23.3. The number of rotatable bonds is 6. The Bertz CT molecular complexity index is 682. The molecular weight excluding hydrogens is 395 g/mol. The Kier molecular flexibility index (Phi) is 7.98. The number of allylic oxidation sites excluding steroid dienone is 2. The van der Waals surface area contributed by atoms with Crippen LogP contribution in [-0.2, 0) is 6.18 Å². The molecule has 0 unspecified atom stereocenters. The van der Waals surface area contributed by atoms with Crippen LogP contribution in [0, 0.1) is 29.4 Å². The highest BCUT2D eigenvalue weighted by Gasteiger charge is 2.39. The van der Waals surface area contributed by atoms with Gasteiger partial charge in [-0.25, -0.2) is 8.78 Å². The molecule has 0 spiro atoms. The van der Waals surface area contributed by atoms with Crippen molar-refractivity contribution in [1.29, 1.82) is 0 Å². The van der Waals surface area contributed by atoms with Gasteiger partial charge in [-0.05, 0) is 106 Å². The maximum atomic E-state index is 13.9. The Balaban J connectivity index is 1.50. The summed E-state index contributed by atoms with van der Waals surface area (Å²) in [5.74, 6) is -0.877. The molecule has 3 rings (SSSR count). The molecule has 1 aromatic carbocycles. The molecule has 30 heavy (non-hydrogen) atoms. The van der Waals surface area contributed by atoms with E-state index < -0.39 is 23.4 Å². The van der Waals surface area contributed by atoms with Gasteiger partial charge in [0, 0.05) is 0 Å². The Morgan fingerprint density at radius 2 is 1.37 bits per heavy atom. The SMILES string of the molecule is CCC/C=C/C[C@H]1CC[C@H]([C@H]2CC[C@H](c3cc(F)c(C(F)(F)F)c(F)c3)CC2)CC1. The molecule has 0 aliphatic heterocycles. The molecule has 2 saturated carbocycles. The monoisotopic (exact) mass is 428 g/mol. The van der Waals surface area contributed by atoms with Crippen molar-refractivity contribution in [3.05, 3.63) is 47.0 Å².